The number of aliphatic hydroxyl groups is 1. The SMILES string of the molecule is CCCN(CC)c1nc(C(C)CC)c(CO)s1. The number of rotatable bonds is 7. The smallest absolute Gasteiger partial charge is 0.185 e. The second-order valence-corrected chi connectivity index (χ2v) is 5.41. The van der Waals surface area contributed by atoms with Crippen molar-refractivity contribution < 1.29 is 5.11 Å². The van der Waals surface area contributed by atoms with Crippen LogP contribution in [0.4, 0.5) is 5.13 Å². The van der Waals surface area contributed by atoms with E-state index in [1.807, 2.05) is 0 Å². The van der Waals surface area contributed by atoms with Gasteiger partial charge in [-0.2, -0.15) is 0 Å². The van der Waals surface area contributed by atoms with Gasteiger partial charge in [0.2, 0.25) is 0 Å². The molecule has 1 unspecified atom stereocenters. The van der Waals surface area contributed by atoms with Crippen molar-refractivity contribution in [1.29, 1.82) is 0 Å². The van der Waals surface area contributed by atoms with Crippen LogP contribution < -0.4 is 4.90 Å². The molecule has 98 valence electrons. The van der Waals surface area contributed by atoms with E-state index in [9.17, 15) is 5.11 Å². The Morgan fingerprint density at radius 1 is 1.35 bits per heavy atom. The van der Waals surface area contributed by atoms with Crippen molar-refractivity contribution in [3.63, 3.8) is 0 Å². The summed E-state index contributed by atoms with van der Waals surface area (Å²) in [6, 6.07) is 0. The number of thiazole rings is 1. The van der Waals surface area contributed by atoms with E-state index in [-0.39, 0.29) is 6.61 Å². The lowest BCUT2D eigenvalue weighted by Crippen LogP contribution is -2.23. The Bertz CT molecular complexity index is 338. The van der Waals surface area contributed by atoms with Gasteiger partial charge in [0.15, 0.2) is 5.13 Å². The molecule has 0 amide bonds. The lowest BCUT2D eigenvalue weighted by molar-refractivity contribution is 0.283. The van der Waals surface area contributed by atoms with Gasteiger partial charge in [-0.3, -0.25) is 0 Å². The molecule has 0 saturated carbocycles. The lowest BCUT2D eigenvalue weighted by Gasteiger charge is -2.18. The van der Waals surface area contributed by atoms with Crippen molar-refractivity contribution in [1.82, 2.24) is 4.98 Å². The van der Waals surface area contributed by atoms with Gasteiger partial charge < -0.3 is 10.0 Å². The predicted molar refractivity (Wildman–Crippen MR) is 74.9 cm³/mol. The molecule has 1 atom stereocenters. The van der Waals surface area contributed by atoms with E-state index >= 15 is 0 Å². The molecule has 1 aromatic heterocycles. The first-order valence-corrected chi connectivity index (χ1v) is 7.34. The van der Waals surface area contributed by atoms with Gasteiger partial charge in [0.1, 0.15) is 0 Å². The second-order valence-electron chi connectivity index (χ2n) is 4.35. The van der Waals surface area contributed by atoms with Crippen LogP contribution >= 0.6 is 11.3 Å². The van der Waals surface area contributed by atoms with Crippen LogP contribution in [0, 0.1) is 0 Å². The van der Waals surface area contributed by atoms with Gasteiger partial charge in [0.05, 0.1) is 17.2 Å². The molecular weight excluding hydrogens is 232 g/mol. The number of hydrogen-bond donors (Lipinski definition) is 1. The molecule has 0 saturated heterocycles. The number of aliphatic hydroxyl groups excluding tert-OH is 1. The molecule has 3 nitrogen and oxygen atoms in total. The van der Waals surface area contributed by atoms with Gasteiger partial charge in [-0.1, -0.05) is 32.1 Å². The molecule has 1 N–H and O–H groups in total. The summed E-state index contributed by atoms with van der Waals surface area (Å²) in [4.78, 5) is 8.04. The Balaban J connectivity index is 2.98. The maximum Gasteiger partial charge on any atom is 0.185 e. The summed E-state index contributed by atoms with van der Waals surface area (Å²) in [5.74, 6) is 0.433. The normalized spacial score (nSPS) is 12.8. The molecule has 0 aliphatic rings. The Hall–Kier alpha value is -0.610. The third-order valence-corrected chi connectivity index (χ3v) is 4.20. The minimum absolute atomic E-state index is 0.112. The third kappa shape index (κ3) is 3.42. The fourth-order valence-electron chi connectivity index (χ4n) is 1.84. The molecule has 4 heteroatoms. The van der Waals surface area contributed by atoms with Crippen molar-refractivity contribution in [3.8, 4) is 0 Å². The molecule has 0 aliphatic heterocycles. The molecule has 0 spiro atoms. The average molecular weight is 256 g/mol. The average Bonchev–Trinajstić information content (AvgIpc) is 2.78. The minimum atomic E-state index is 0.112. The highest BCUT2D eigenvalue weighted by Gasteiger charge is 2.17. The van der Waals surface area contributed by atoms with Crippen molar-refractivity contribution in [2.24, 2.45) is 0 Å². The van der Waals surface area contributed by atoms with Crippen LogP contribution in [0.2, 0.25) is 0 Å². The monoisotopic (exact) mass is 256 g/mol. The van der Waals surface area contributed by atoms with Crippen LogP contribution in [-0.2, 0) is 6.61 Å². The highest BCUT2D eigenvalue weighted by atomic mass is 32.1. The molecule has 0 aliphatic carbocycles. The van der Waals surface area contributed by atoms with Gasteiger partial charge in [-0.05, 0) is 25.7 Å². The van der Waals surface area contributed by atoms with Gasteiger partial charge in [-0.25, -0.2) is 4.98 Å². The molecule has 0 radical (unpaired) electrons. The van der Waals surface area contributed by atoms with E-state index in [2.05, 4.69) is 32.6 Å². The maximum absolute atomic E-state index is 9.41. The summed E-state index contributed by atoms with van der Waals surface area (Å²) in [7, 11) is 0. The van der Waals surface area contributed by atoms with Crippen LogP contribution in [0.3, 0.4) is 0 Å². The van der Waals surface area contributed by atoms with Gasteiger partial charge in [0, 0.05) is 13.1 Å². The van der Waals surface area contributed by atoms with Crippen molar-refractivity contribution in [2.45, 2.75) is 53.1 Å². The van der Waals surface area contributed by atoms with E-state index in [1.165, 1.54) is 0 Å². The van der Waals surface area contributed by atoms with Crippen molar-refractivity contribution in [3.05, 3.63) is 10.6 Å². The fourth-order valence-corrected chi connectivity index (χ4v) is 2.97. The molecule has 0 aromatic carbocycles. The Morgan fingerprint density at radius 2 is 2.06 bits per heavy atom. The van der Waals surface area contributed by atoms with Crippen LogP contribution in [0.1, 0.15) is 57.0 Å². The largest absolute Gasteiger partial charge is 0.391 e. The summed E-state index contributed by atoms with van der Waals surface area (Å²) in [5, 5.41) is 10.5. The van der Waals surface area contributed by atoms with Crippen LogP contribution in [0.25, 0.3) is 0 Å². The minimum Gasteiger partial charge on any atom is -0.391 e. The summed E-state index contributed by atoms with van der Waals surface area (Å²) in [5.41, 5.74) is 1.09. The molecule has 1 heterocycles. The summed E-state index contributed by atoms with van der Waals surface area (Å²) < 4.78 is 0. The zero-order valence-corrected chi connectivity index (χ0v) is 12.2. The maximum atomic E-state index is 9.41. The molecular formula is C13H24N2OS. The fraction of sp³-hybridized carbons (Fsp3) is 0.769. The third-order valence-electron chi connectivity index (χ3n) is 3.08. The predicted octanol–water partition coefficient (Wildman–Crippen LogP) is 3.39. The van der Waals surface area contributed by atoms with Gasteiger partial charge in [-0.15, -0.1) is 0 Å². The number of nitrogens with zero attached hydrogens (tertiary/aromatic N) is 2. The molecule has 1 aromatic rings. The Labute approximate surface area is 108 Å². The summed E-state index contributed by atoms with van der Waals surface area (Å²) in [6.45, 7) is 10.8. The summed E-state index contributed by atoms with van der Waals surface area (Å²) in [6.07, 6.45) is 2.19. The highest BCUT2D eigenvalue weighted by molar-refractivity contribution is 7.15. The topological polar surface area (TPSA) is 36.4 Å². The van der Waals surface area contributed by atoms with E-state index in [0.29, 0.717) is 5.92 Å². The first-order chi connectivity index (χ1) is 8.17. The van der Waals surface area contributed by atoms with E-state index < -0.39 is 0 Å². The van der Waals surface area contributed by atoms with E-state index in [0.717, 1.165) is 41.6 Å². The van der Waals surface area contributed by atoms with Crippen molar-refractivity contribution >= 4 is 16.5 Å². The highest BCUT2D eigenvalue weighted by Crippen LogP contribution is 2.32. The quantitative estimate of drug-likeness (QED) is 0.812. The zero-order valence-electron chi connectivity index (χ0n) is 11.4. The molecule has 17 heavy (non-hydrogen) atoms. The van der Waals surface area contributed by atoms with E-state index in [1.54, 1.807) is 11.3 Å². The molecule has 0 bridgehead atoms. The molecule has 1 rings (SSSR count). The van der Waals surface area contributed by atoms with Crippen LogP contribution in [-0.4, -0.2) is 23.2 Å². The van der Waals surface area contributed by atoms with Crippen LogP contribution in [0.15, 0.2) is 0 Å². The van der Waals surface area contributed by atoms with Gasteiger partial charge >= 0.3 is 0 Å². The first kappa shape index (κ1) is 14.5. The number of hydrogen-bond acceptors (Lipinski definition) is 4. The standard InChI is InChI=1S/C13H24N2OS/c1-5-8-15(7-3)13-14-12(10(4)6-2)11(9-16)17-13/h10,16H,5-9H2,1-4H3. The van der Waals surface area contributed by atoms with Crippen molar-refractivity contribution in [2.75, 3.05) is 18.0 Å². The number of aromatic nitrogens is 1. The van der Waals surface area contributed by atoms with Gasteiger partial charge in [0.25, 0.3) is 0 Å². The zero-order chi connectivity index (χ0) is 12.8. The molecule has 0 fully saturated rings. The Kier molecular flexibility index (Phi) is 5.92. The summed E-state index contributed by atoms with van der Waals surface area (Å²) >= 11 is 1.64. The first-order valence-electron chi connectivity index (χ1n) is 6.53. The lowest BCUT2D eigenvalue weighted by atomic mass is 10.0. The van der Waals surface area contributed by atoms with E-state index in [4.69, 9.17) is 4.98 Å². The Morgan fingerprint density at radius 3 is 2.53 bits per heavy atom. The number of anilines is 1. The second kappa shape index (κ2) is 6.97. The van der Waals surface area contributed by atoms with Crippen LogP contribution in [0.5, 0.6) is 0 Å².